The Labute approximate surface area is 277 Å². The van der Waals surface area contributed by atoms with Gasteiger partial charge in [0.15, 0.2) is 0 Å². The van der Waals surface area contributed by atoms with Crippen LogP contribution < -0.4 is 9.64 Å². The van der Waals surface area contributed by atoms with Crippen LogP contribution in [-0.4, -0.2) is 111 Å². The molecule has 1 N–H and O–H groups in total. The number of aromatic nitrogens is 2. The van der Waals surface area contributed by atoms with Gasteiger partial charge in [0.25, 0.3) is 0 Å². The third kappa shape index (κ3) is 6.46. The van der Waals surface area contributed by atoms with Crippen molar-refractivity contribution in [2.45, 2.75) is 108 Å². The number of hydrogen-bond acceptors (Lipinski definition) is 10. The van der Waals surface area contributed by atoms with Gasteiger partial charge in [-0.1, -0.05) is 30.3 Å². The average Bonchev–Trinajstić information content (AvgIpc) is 3.71. The van der Waals surface area contributed by atoms with Gasteiger partial charge in [-0.05, 0) is 77.8 Å². The zero-order valence-corrected chi connectivity index (χ0v) is 27.9. The molecule has 1 aromatic heterocycles. The van der Waals surface area contributed by atoms with Crippen LogP contribution in [0.2, 0.25) is 0 Å². The summed E-state index contributed by atoms with van der Waals surface area (Å²) in [5.41, 5.74) is 2.07. The summed E-state index contributed by atoms with van der Waals surface area (Å²) in [5, 5.41) is 9.97. The fraction of sp³-hybridized carbons (Fsp3) is 0.657. The Bertz CT molecular complexity index is 1450. The number of aliphatic hydroxyl groups is 1. The summed E-state index contributed by atoms with van der Waals surface area (Å²) in [6.45, 7) is 9.62. The molecule has 1 aromatic carbocycles. The first kappa shape index (κ1) is 31.9. The molecule has 2 unspecified atom stereocenters. The topological polar surface area (TPSA) is 121 Å². The van der Waals surface area contributed by atoms with Gasteiger partial charge in [0.1, 0.15) is 24.6 Å². The van der Waals surface area contributed by atoms with Gasteiger partial charge >= 0.3 is 18.2 Å². The largest absolute Gasteiger partial charge is 0.461 e. The van der Waals surface area contributed by atoms with Gasteiger partial charge in [0.2, 0.25) is 0 Å². The van der Waals surface area contributed by atoms with Crippen LogP contribution in [-0.2, 0) is 29.0 Å². The van der Waals surface area contributed by atoms with E-state index >= 15 is 0 Å². The second-order valence-electron chi connectivity index (χ2n) is 14.8. The summed E-state index contributed by atoms with van der Waals surface area (Å²) < 4.78 is 17.9. The van der Waals surface area contributed by atoms with Crippen molar-refractivity contribution >= 4 is 18.0 Å². The predicted molar refractivity (Wildman–Crippen MR) is 174 cm³/mol. The lowest BCUT2D eigenvalue weighted by Crippen LogP contribution is -2.57. The molecule has 4 atom stereocenters. The van der Waals surface area contributed by atoms with Gasteiger partial charge < -0.3 is 29.1 Å². The van der Waals surface area contributed by atoms with Gasteiger partial charge in [-0.15, -0.1) is 0 Å². The molecule has 47 heavy (non-hydrogen) atoms. The van der Waals surface area contributed by atoms with Crippen molar-refractivity contribution < 1.29 is 28.9 Å². The number of nitrogens with zero attached hydrogens (tertiary/aromatic N) is 6. The number of piperazine rings is 1. The first-order valence-electron chi connectivity index (χ1n) is 17.2. The van der Waals surface area contributed by atoms with Gasteiger partial charge in [0, 0.05) is 31.2 Å². The van der Waals surface area contributed by atoms with E-state index < -0.39 is 5.60 Å². The van der Waals surface area contributed by atoms with Gasteiger partial charge in [-0.25, -0.2) is 9.59 Å². The Morgan fingerprint density at radius 3 is 2.49 bits per heavy atom. The highest BCUT2D eigenvalue weighted by Crippen LogP contribution is 2.43. The van der Waals surface area contributed by atoms with Crippen LogP contribution in [0.5, 0.6) is 6.01 Å². The molecule has 0 saturated carbocycles. The second-order valence-corrected chi connectivity index (χ2v) is 14.8. The van der Waals surface area contributed by atoms with Crippen molar-refractivity contribution in [2.75, 3.05) is 44.3 Å². The fourth-order valence-electron chi connectivity index (χ4n) is 8.37. The highest BCUT2D eigenvalue weighted by atomic mass is 16.6. The Balaban J connectivity index is 1.12. The van der Waals surface area contributed by atoms with E-state index in [0.29, 0.717) is 45.2 Å². The number of carbonyl (C=O) groups excluding carboxylic acids is 2. The standard InChI is InChI=1S/C35H48N6O6/c1-34(2,3)47-33(44)41-25-10-11-26(41)19-39(18-25)30-28-13-17-38(32(43)45-22-24-8-5-4-6-9-24)20-29(28)36-31(37-30)46-23-35-14-7-16-40(35)27(21-42)12-15-35/h4-6,8-9,25-27,42H,7,10-23H2,1-3H3/t25-,26+,27?,35?. The molecule has 7 rings (SSSR count). The highest BCUT2D eigenvalue weighted by Gasteiger charge is 2.50. The van der Waals surface area contributed by atoms with Crippen LogP contribution in [0.25, 0.3) is 0 Å². The quantitative estimate of drug-likeness (QED) is 0.469. The lowest BCUT2D eigenvalue weighted by atomic mass is 9.95. The van der Waals surface area contributed by atoms with Crippen LogP contribution >= 0.6 is 0 Å². The molecule has 4 fully saturated rings. The molecule has 2 bridgehead atoms. The molecular formula is C35H48N6O6. The van der Waals surface area contributed by atoms with Crippen molar-refractivity contribution in [3.63, 3.8) is 0 Å². The maximum absolute atomic E-state index is 13.2. The second kappa shape index (κ2) is 12.8. The average molecular weight is 649 g/mol. The first-order valence-corrected chi connectivity index (χ1v) is 17.2. The first-order chi connectivity index (χ1) is 22.6. The van der Waals surface area contributed by atoms with E-state index in [9.17, 15) is 14.7 Å². The number of fused-ring (bicyclic) bond motifs is 4. The molecule has 4 saturated heterocycles. The molecule has 254 valence electrons. The summed E-state index contributed by atoms with van der Waals surface area (Å²) >= 11 is 0. The smallest absolute Gasteiger partial charge is 0.410 e. The van der Waals surface area contributed by atoms with Gasteiger partial charge in [-0.2, -0.15) is 9.97 Å². The van der Waals surface area contributed by atoms with E-state index in [0.717, 1.165) is 67.7 Å². The molecule has 2 aromatic rings. The van der Waals surface area contributed by atoms with Crippen molar-refractivity contribution in [3.8, 4) is 6.01 Å². The summed E-state index contributed by atoms with van der Waals surface area (Å²) in [4.78, 5) is 44.6. The molecule has 0 aliphatic carbocycles. The SMILES string of the molecule is CC(C)(C)OC(=O)N1[C@@H]2CC[C@H]1CN(c1nc(OCC34CCCN3C(CO)CC4)nc3c1CCN(C(=O)OCc1ccccc1)C3)C2. The van der Waals surface area contributed by atoms with Crippen LogP contribution in [0.3, 0.4) is 0 Å². The Morgan fingerprint density at radius 1 is 1.00 bits per heavy atom. The zero-order valence-electron chi connectivity index (χ0n) is 27.9. The lowest BCUT2D eigenvalue weighted by molar-refractivity contribution is 0.0122. The van der Waals surface area contributed by atoms with E-state index in [-0.39, 0.29) is 49.1 Å². The summed E-state index contributed by atoms with van der Waals surface area (Å²) in [7, 11) is 0. The van der Waals surface area contributed by atoms with Crippen molar-refractivity contribution in [3.05, 3.63) is 47.2 Å². The Morgan fingerprint density at radius 2 is 1.77 bits per heavy atom. The van der Waals surface area contributed by atoms with Crippen LogP contribution in [0.1, 0.15) is 76.1 Å². The number of rotatable bonds is 7. The highest BCUT2D eigenvalue weighted by molar-refractivity contribution is 5.71. The maximum Gasteiger partial charge on any atom is 0.410 e. The van der Waals surface area contributed by atoms with E-state index in [4.69, 9.17) is 24.2 Å². The number of carbonyl (C=O) groups is 2. The third-order valence-electron chi connectivity index (χ3n) is 10.6. The molecule has 5 aliphatic rings. The molecule has 0 radical (unpaired) electrons. The van der Waals surface area contributed by atoms with Crippen LogP contribution in [0, 0.1) is 0 Å². The van der Waals surface area contributed by atoms with Gasteiger partial charge in [-0.3, -0.25) is 9.80 Å². The van der Waals surface area contributed by atoms with Crippen molar-refractivity contribution in [1.29, 1.82) is 0 Å². The molecule has 12 nitrogen and oxygen atoms in total. The predicted octanol–water partition coefficient (Wildman–Crippen LogP) is 4.13. The van der Waals surface area contributed by atoms with E-state index in [1.807, 2.05) is 56.0 Å². The lowest BCUT2D eigenvalue weighted by Gasteiger charge is -2.42. The van der Waals surface area contributed by atoms with E-state index in [1.54, 1.807) is 4.90 Å². The Kier molecular flexibility index (Phi) is 8.67. The van der Waals surface area contributed by atoms with Crippen LogP contribution in [0.15, 0.2) is 30.3 Å². The van der Waals surface area contributed by atoms with Crippen molar-refractivity contribution in [1.82, 2.24) is 24.7 Å². The number of ether oxygens (including phenoxy) is 3. The number of amides is 2. The molecule has 0 spiro atoms. The summed E-state index contributed by atoms with van der Waals surface area (Å²) in [6, 6.07) is 10.2. The van der Waals surface area contributed by atoms with Crippen molar-refractivity contribution in [2.24, 2.45) is 0 Å². The number of benzene rings is 1. The van der Waals surface area contributed by atoms with E-state index in [2.05, 4.69) is 9.80 Å². The minimum atomic E-state index is -0.551. The van der Waals surface area contributed by atoms with E-state index in [1.165, 1.54) is 0 Å². The fourth-order valence-corrected chi connectivity index (χ4v) is 8.37. The molecule has 2 amide bonds. The number of anilines is 1. The minimum absolute atomic E-state index is 0.0338. The van der Waals surface area contributed by atoms with Gasteiger partial charge in [0.05, 0.1) is 36.5 Å². The molecular weight excluding hydrogens is 600 g/mol. The number of hydrogen-bond donors (Lipinski definition) is 1. The normalized spacial score (nSPS) is 27.1. The summed E-state index contributed by atoms with van der Waals surface area (Å²) in [6.07, 6.45) is 5.87. The Hall–Kier alpha value is -3.64. The monoisotopic (exact) mass is 648 g/mol. The molecule has 12 heteroatoms. The molecule has 6 heterocycles. The third-order valence-corrected chi connectivity index (χ3v) is 10.6. The maximum atomic E-state index is 13.2. The van der Waals surface area contributed by atoms with Crippen LogP contribution in [0.4, 0.5) is 15.4 Å². The molecule has 5 aliphatic heterocycles. The zero-order chi connectivity index (χ0) is 32.8. The number of aliphatic hydroxyl groups excluding tert-OH is 1. The summed E-state index contributed by atoms with van der Waals surface area (Å²) in [5.74, 6) is 0.837. The minimum Gasteiger partial charge on any atom is -0.461 e.